The van der Waals surface area contributed by atoms with Gasteiger partial charge in [0.25, 0.3) is 0 Å². The summed E-state index contributed by atoms with van der Waals surface area (Å²) in [6.07, 6.45) is 11.6. The number of amides is 1. The number of anilines is 1. The van der Waals surface area contributed by atoms with Gasteiger partial charge in [0, 0.05) is 74.4 Å². The maximum atomic E-state index is 12.1. The van der Waals surface area contributed by atoms with E-state index >= 15 is 0 Å². The fraction of sp³-hybridized carbons (Fsp3) is 0.568. The quantitative estimate of drug-likeness (QED) is 0.306. The minimum atomic E-state index is -0.861. The second-order valence-electron chi connectivity index (χ2n) is 13.9. The molecule has 1 amide bonds. The third kappa shape index (κ3) is 5.76. The van der Waals surface area contributed by atoms with Gasteiger partial charge in [-0.25, -0.2) is 4.79 Å². The van der Waals surface area contributed by atoms with Gasteiger partial charge in [-0.3, -0.25) is 4.79 Å². The standard InChI is InChI=1S/C37H48N4O3/c1-26-11-13-31-32(23-26)39(20-19-38-16-5-7-27(25-38)15-18-40-17-6-10-34(40)42)21-22-41-33-24-29(37(43)44)12-14-30(33)35(36(31)41)28-8-3-2-4-9-28/h11-14,23-24,27-28H,2-10,15-22,25H2,1H3,(H,43,44)/t27-/m0/s1. The Morgan fingerprint density at radius 1 is 0.864 bits per heavy atom. The van der Waals surface area contributed by atoms with Crippen molar-refractivity contribution < 1.29 is 14.7 Å². The third-order valence-corrected chi connectivity index (χ3v) is 11.0. The van der Waals surface area contributed by atoms with E-state index in [1.54, 1.807) is 6.07 Å². The Morgan fingerprint density at radius 2 is 1.73 bits per heavy atom. The van der Waals surface area contributed by atoms with Crippen molar-refractivity contribution in [1.82, 2.24) is 14.4 Å². The molecule has 1 atom stereocenters. The number of carboxylic acids is 1. The highest BCUT2D eigenvalue weighted by molar-refractivity contribution is 5.99. The molecule has 0 bridgehead atoms. The number of rotatable bonds is 8. The number of likely N-dealkylation sites (tertiary alicyclic amines) is 2. The van der Waals surface area contributed by atoms with Gasteiger partial charge in [-0.15, -0.1) is 0 Å². The number of aryl methyl sites for hydroxylation is 1. The van der Waals surface area contributed by atoms with E-state index in [4.69, 9.17) is 0 Å². The van der Waals surface area contributed by atoms with Crippen LogP contribution in [0.1, 0.15) is 91.6 Å². The van der Waals surface area contributed by atoms with Crippen molar-refractivity contribution in [3.8, 4) is 11.3 Å². The van der Waals surface area contributed by atoms with Crippen LogP contribution in [0.5, 0.6) is 0 Å². The number of piperidine rings is 1. The number of aromatic nitrogens is 1. The minimum Gasteiger partial charge on any atom is -0.478 e. The van der Waals surface area contributed by atoms with Gasteiger partial charge in [-0.2, -0.15) is 0 Å². The molecule has 2 aromatic carbocycles. The maximum Gasteiger partial charge on any atom is 0.335 e. The molecule has 7 heteroatoms. The molecule has 2 saturated heterocycles. The first-order valence-electron chi connectivity index (χ1n) is 17.2. The number of carbonyl (C=O) groups is 2. The summed E-state index contributed by atoms with van der Waals surface area (Å²) in [4.78, 5) is 31.5. The second kappa shape index (κ2) is 12.6. The van der Waals surface area contributed by atoms with E-state index < -0.39 is 5.97 Å². The first kappa shape index (κ1) is 29.4. The SMILES string of the molecule is Cc1ccc2c(c1)N(CCN1CCC[C@@H](CCN3CCCC3=O)C1)CCn1c-2c(C2CCCCC2)c2ccc(C(=O)O)cc21. The normalized spacial score (nSPS) is 21.5. The van der Waals surface area contributed by atoms with Crippen LogP contribution in [0.15, 0.2) is 36.4 Å². The van der Waals surface area contributed by atoms with E-state index in [1.807, 2.05) is 6.07 Å². The van der Waals surface area contributed by atoms with Crippen molar-refractivity contribution in [2.24, 2.45) is 5.92 Å². The first-order chi connectivity index (χ1) is 21.5. The van der Waals surface area contributed by atoms with Gasteiger partial charge in [-0.05, 0) is 93.2 Å². The van der Waals surface area contributed by atoms with Crippen molar-refractivity contribution in [3.05, 3.63) is 53.1 Å². The Morgan fingerprint density at radius 3 is 2.52 bits per heavy atom. The van der Waals surface area contributed by atoms with Crippen LogP contribution in [0.25, 0.3) is 22.2 Å². The van der Waals surface area contributed by atoms with E-state index in [1.165, 1.54) is 78.4 Å². The summed E-state index contributed by atoms with van der Waals surface area (Å²) in [5.74, 6) is 0.668. The zero-order valence-electron chi connectivity index (χ0n) is 26.4. The van der Waals surface area contributed by atoms with Crippen molar-refractivity contribution in [2.75, 3.05) is 50.7 Å². The lowest BCUT2D eigenvalue weighted by Gasteiger charge is -2.35. The molecule has 1 saturated carbocycles. The van der Waals surface area contributed by atoms with Crippen LogP contribution < -0.4 is 4.90 Å². The van der Waals surface area contributed by atoms with Gasteiger partial charge in [0.05, 0.1) is 11.3 Å². The summed E-state index contributed by atoms with van der Waals surface area (Å²) in [5.41, 5.74) is 8.11. The highest BCUT2D eigenvalue weighted by atomic mass is 16.4. The molecule has 3 aromatic rings. The van der Waals surface area contributed by atoms with Gasteiger partial charge in [-0.1, -0.05) is 37.5 Å². The van der Waals surface area contributed by atoms with Crippen molar-refractivity contribution in [3.63, 3.8) is 0 Å². The predicted octanol–water partition coefficient (Wildman–Crippen LogP) is 6.91. The summed E-state index contributed by atoms with van der Waals surface area (Å²) in [6.45, 7) is 10.1. The molecule has 0 unspecified atom stereocenters. The van der Waals surface area contributed by atoms with E-state index in [9.17, 15) is 14.7 Å². The lowest BCUT2D eigenvalue weighted by Crippen LogP contribution is -2.42. The van der Waals surface area contributed by atoms with Gasteiger partial charge < -0.3 is 24.4 Å². The Kier molecular flexibility index (Phi) is 8.41. The summed E-state index contributed by atoms with van der Waals surface area (Å²) >= 11 is 0. The van der Waals surface area contributed by atoms with Gasteiger partial charge in [0.1, 0.15) is 0 Å². The maximum absolute atomic E-state index is 12.1. The van der Waals surface area contributed by atoms with Crippen LogP contribution in [0.2, 0.25) is 0 Å². The van der Waals surface area contributed by atoms with Gasteiger partial charge in [0.15, 0.2) is 0 Å². The molecule has 4 heterocycles. The average molecular weight is 597 g/mol. The number of nitrogens with zero attached hydrogens (tertiary/aromatic N) is 4. The molecule has 44 heavy (non-hydrogen) atoms. The number of fused-ring (bicyclic) bond motifs is 5. The number of aromatic carboxylic acids is 1. The van der Waals surface area contributed by atoms with Crippen LogP contribution in [0, 0.1) is 12.8 Å². The Labute approximate surface area is 261 Å². The molecule has 1 aliphatic carbocycles. The first-order valence-corrected chi connectivity index (χ1v) is 17.2. The zero-order valence-corrected chi connectivity index (χ0v) is 26.4. The Hall–Kier alpha value is -3.32. The summed E-state index contributed by atoms with van der Waals surface area (Å²) in [6, 6.07) is 12.8. The molecule has 7 rings (SSSR count). The molecule has 0 spiro atoms. The summed E-state index contributed by atoms with van der Waals surface area (Å²) in [7, 11) is 0. The van der Waals surface area contributed by atoms with E-state index in [0.717, 1.165) is 77.1 Å². The molecule has 7 nitrogen and oxygen atoms in total. The molecular weight excluding hydrogens is 548 g/mol. The monoisotopic (exact) mass is 596 g/mol. The zero-order chi connectivity index (χ0) is 30.2. The number of carboxylic acid groups (broad SMARTS) is 1. The number of hydrogen-bond donors (Lipinski definition) is 1. The molecule has 1 N–H and O–H groups in total. The minimum absolute atomic E-state index is 0.344. The van der Waals surface area contributed by atoms with Crippen LogP contribution in [0.3, 0.4) is 0 Å². The molecule has 3 fully saturated rings. The fourth-order valence-electron chi connectivity index (χ4n) is 8.64. The number of hydrogen-bond acceptors (Lipinski definition) is 4. The average Bonchev–Trinajstić information content (AvgIpc) is 3.55. The lowest BCUT2D eigenvalue weighted by molar-refractivity contribution is -0.127. The van der Waals surface area contributed by atoms with Crippen LogP contribution in [0.4, 0.5) is 5.69 Å². The van der Waals surface area contributed by atoms with Gasteiger partial charge in [0.2, 0.25) is 5.91 Å². The van der Waals surface area contributed by atoms with E-state index in [2.05, 4.69) is 50.5 Å². The van der Waals surface area contributed by atoms with Crippen LogP contribution in [-0.2, 0) is 11.3 Å². The van der Waals surface area contributed by atoms with E-state index in [-0.39, 0.29) is 0 Å². The molecular formula is C37H48N4O3. The molecule has 1 aromatic heterocycles. The highest BCUT2D eigenvalue weighted by Gasteiger charge is 2.31. The summed E-state index contributed by atoms with van der Waals surface area (Å²) in [5, 5.41) is 11.1. The van der Waals surface area contributed by atoms with Crippen molar-refractivity contribution >= 4 is 28.5 Å². The Balaban J connectivity index is 1.16. The number of benzene rings is 2. The second-order valence-corrected chi connectivity index (χ2v) is 13.9. The molecule has 3 aliphatic heterocycles. The van der Waals surface area contributed by atoms with Crippen molar-refractivity contribution in [1.29, 1.82) is 0 Å². The predicted molar refractivity (Wildman–Crippen MR) is 177 cm³/mol. The third-order valence-electron chi connectivity index (χ3n) is 11.0. The smallest absolute Gasteiger partial charge is 0.335 e. The van der Waals surface area contributed by atoms with E-state index in [0.29, 0.717) is 23.3 Å². The highest BCUT2D eigenvalue weighted by Crippen LogP contribution is 2.47. The topological polar surface area (TPSA) is 69.0 Å². The van der Waals surface area contributed by atoms with Crippen LogP contribution >= 0.6 is 0 Å². The molecule has 234 valence electrons. The lowest BCUT2D eigenvalue weighted by atomic mass is 9.81. The fourth-order valence-corrected chi connectivity index (χ4v) is 8.64. The van der Waals surface area contributed by atoms with Crippen molar-refractivity contribution in [2.45, 2.75) is 83.6 Å². The largest absolute Gasteiger partial charge is 0.478 e. The molecule has 4 aliphatic rings. The van der Waals surface area contributed by atoms with Crippen LogP contribution in [-0.4, -0.2) is 77.2 Å². The Bertz CT molecular complexity index is 1540. The van der Waals surface area contributed by atoms with Gasteiger partial charge >= 0.3 is 5.97 Å². The number of carbonyl (C=O) groups excluding carboxylic acids is 1. The molecule has 0 radical (unpaired) electrons. The summed E-state index contributed by atoms with van der Waals surface area (Å²) < 4.78 is 2.45.